The molecule has 9 N–H and O–H groups in total. The van der Waals surface area contributed by atoms with E-state index >= 15 is 0 Å². The van der Waals surface area contributed by atoms with Crippen LogP contribution in [-0.2, 0) is 14.2 Å². The number of ether oxygens (including phenoxy) is 7. The Bertz CT molecular complexity index is 3290. The van der Waals surface area contributed by atoms with Crippen LogP contribution in [-0.4, -0.2) is 244 Å². The van der Waals surface area contributed by atoms with Crippen LogP contribution in [0.3, 0.4) is 0 Å². The lowest BCUT2D eigenvalue weighted by atomic mass is 10.1. The van der Waals surface area contributed by atoms with Gasteiger partial charge < -0.3 is 81.0 Å². The molecule has 28 nitrogen and oxygen atoms in total. The third kappa shape index (κ3) is 28.6. The summed E-state index contributed by atoms with van der Waals surface area (Å²) in [6.07, 6.45) is 5.29. The van der Waals surface area contributed by atoms with E-state index in [1.54, 1.807) is 93.6 Å². The Balaban J connectivity index is 1.30. The molecule has 9 amide bonds. The first-order chi connectivity index (χ1) is 49.9. The van der Waals surface area contributed by atoms with Crippen LogP contribution in [0.1, 0.15) is 183 Å². The average molecular weight is 1440 g/mol. The van der Waals surface area contributed by atoms with Crippen molar-refractivity contribution in [3.63, 3.8) is 0 Å². The molecule has 0 saturated heterocycles. The monoisotopic (exact) mass is 1430 g/mol. The number of carbonyl (C=O) groups is 9. The summed E-state index contributed by atoms with van der Waals surface area (Å²) in [5, 5.41) is 26.7. The summed E-state index contributed by atoms with van der Waals surface area (Å²) < 4.78 is 41.5. The van der Waals surface area contributed by atoms with E-state index in [2.05, 4.69) is 52.8 Å². The van der Waals surface area contributed by atoms with E-state index in [1.165, 1.54) is 0 Å². The Labute approximate surface area is 606 Å². The van der Waals surface area contributed by atoms with Crippen LogP contribution < -0.4 is 66.8 Å². The largest absolute Gasteiger partial charge is 0.492 e. The molecule has 566 valence electrons. The molecular weight excluding hydrogens is 1320 g/mol. The summed E-state index contributed by atoms with van der Waals surface area (Å²) >= 11 is 0. The van der Waals surface area contributed by atoms with Gasteiger partial charge in [0.2, 0.25) is 0 Å². The summed E-state index contributed by atoms with van der Waals surface area (Å²) in [4.78, 5) is 132. The molecular formula is C75H110N12O16. The molecule has 0 fully saturated rings. The molecule has 8 bridgehead atoms. The normalized spacial score (nSPS) is 16.5. The number of nitrogens with one attached hydrogen (secondary N) is 9. The van der Waals surface area contributed by atoms with Crippen LogP contribution in [0.2, 0.25) is 0 Å². The number of carbonyl (C=O) groups excluding carboxylic acids is 9. The number of hydrogen-bond acceptors (Lipinski definition) is 19. The smallest absolute Gasteiger partial charge is 0.407 e. The van der Waals surface area contributed by atoms with Gasteiger partial charge in [-0.1, -0.05) is 77.6 Å². The molecule has 0 radical (unpaired) electrons. The zero-order chi connectivity index (χ0) is 74.2. The van der Waals surface area contributed by atoms with Crippen LogP contribution >= 0.6 is 0 Å². The van der Waals surface area contributed by atoms with Gasteiger partial charge in [0.15, 0.2) is 0 Å². The van der Waals surface area contributed by atoms with Gasteiger partial charge in [0, 0.05) is 118 Å². The lowest BCUT2D eigenvalue weighted by Gasteiger charge is -2.28. The van der Waals surface area contributed by atoms with Gasteiger partial charge in [0.25, 0.3) is 47.3 Å². The van der Waals surface area contributed by atoms with Gasteiger partial charge in [0.05, 0.1) is 97.4 Å². The van der Waals surface area contributed by atoms with E-state index in [9.17, 15) is 43.2 Å². The molecule has 4 aromatic rings. The van der Waals surface area contributed by atoms with E-state index < -0.39 is 59.0 Å². The van der Waals surface area contributed by atoms with Gasteiger partial charge in [-0.25, -0.2) is 4.79 Å². The maximum absolute atomic E-state index is 14.4. The predicted molar refractivity (Wildman–Crippen MR) is 391 cm³/mol. The summed E-state index contributed by atoms with van der Waals surface area (Å²) in [5.74, 6) is -3.32. The molecule has 3 heterocycles. The maximum atomic E-state index is 14.4. The second kappa shape index (κ2) is 45.8. The summed E-state index contributed by atoms with van der Waals surface area (Å²) in [6.45, 7) is 18.9. The number of nitrogens with zero attached hydrogens (tertiary/aromatic N) is 3. The highest BCUT2D eigenvalue weighted by Crippen LogP contribution is 2.29. The lowest BCUT2D eigenvalue weighted by molar-refractivity contribution is 0.0399. The highest BCUT2D eigenvalue weighted by atomic mass is 16.6. The number of para-hydroxylation sites is 4. The highest BCUT2D eigenvalue weighted by molar-refractivity contribution is 6.07. The lowest BCUT2D eigenvalue weighted by Crippen LogP contribution is -2.46. The topological polar surface area (TPSA) is 336 Å². The molecule has 0 aromatic heterocycles. The molecule has 28 heteroatoms. The third-order valence-corrected chi connectivity index (χ3v) is 16.5. The molecule has 0 atom stereocenters. The first kappa shape index (κ1) is 82.9. The number of rotatable bonds is 30. The molecule has 0 saturated carbocycles. The summed E-state index contributed by atoms with van der Waals surface area (Å²) in [7, 11) is 0. The number of amides is 9. The van der Waals surface area contributed by atoms with E-state index in [-0.39, 0.29) is 225 Å². The van der Waals surface area contributed by atoms with E-state index in [0.29, 0.717) is 38.8 Å². The molecule has 103 heavy (non-hydrogen) atoms. The third-order valence-electron chi connectivity index (χ3n) is 16.5. The Morgan fingerprint density at radius 1 is 0.379 bits per heavy atom. The quantitative estimate of drug-likeness (QED) is 0.0277. The van der Waals surface area contributed by atoms with E-state index in [1.807, 2.05) is 37.5 Å². The van der Waals surface area contributed by atoms with E-state index in [0.717, 1.165) is 25.7 Å². The highest BCUT2D eigenvalue weighted by Gasteiger charge is 2.27. The molecule has 3 aliphatic rings. The zero-order valence-electron chi connectivity index (χ0n) is 61.3. The summed E-state index contributed by atoms with van der Waals surface area (Å²) in [5.41, 5.74) is 0.659. The Hall–Kier alpha value is -9.09. The van der Waals surface area contributed by atoms with Crippen molar-refractivity contribution in [3.05, 3.63) is 117 Å². The second-order valence-corrected chi connectivity index (χ2v) is 25.8. The Morgan fingerprint density at radius 2 is 0.689 bits per heavy atom. The minimum atomic E-state index is -0.615. The van der Waals surface area contributed by atoms with Gasteiger partial charge in [-0.05, 0) is 95.0 Å². The first-order valence-electron chi connectivity index (χ1n) is 36.5. The van der Waals surface area contributed by atoms with Crippen molar-refractivity contribution in [2.75, 3.05) is 171 Å². The molecule has 0 aliphatic carbocycles. The van der Waals surface area contributed by atoms with Gasteiger partial charge in [0.1, 0.15) is 28.6 Å². The van der Waals surface area contributed by atoms with Gasteiger partial charge in [-0.2, -0.15) is 0 Å². The molecule has 0 unspecified atom stereocenters. The van der Waals surface area contributed by atoms with Crippen LogP contribution in [0.15, 0.2) is 72.8 Å². The Morgan fingerprint density at radius 3 is 1.04 bits per heavy atom. The second-order valence-electron chi connectivity index (χ2n) is 25.8. The van der Waals surface area contributed by atoms with Crippen molar-refractivity contribution >= 4 is 53.4 Å². The van der Waals surface area contributed by atoms with Crippen LogP contribution in [0.5, 0.6) is 23.0 Å². The standard InChI is InChI=1S/C75H110N12O16/c1-8-12-46-99-62-54-20-16-23-57(62)69(91)79-31-40-86-41-32-80-70(92)58-24-17-21-55(63(58)100-47-13-9-2)67(89)77-29-38-85(37-28-76-66(54)88)39-30-78-68(90)56-22-18-25-59(64(56)101-48-14-10-3)71(93)81-33-42-87(45-44-86)43-34-82-72(94)60-26-19-27-61(65(60)102-49-15-11-4)73(95)83-35-50-97-52-53-98-51-36-84-74(96)103-75(5,6)7/h16-27H,8-15,28-53H2,1-7H3,(H,76,88)(H,77,89)(H,78,90)(H,79,91)(H,80,92)(H,81,93)(H,82,94)(H,83,95)(H,84,96). The van der Waals surface area contributed by atoms with Crippen molar-refractivity contribution < 1.29 is 76.3 Å². The predicted octanol–water partition coefficient (Wildman–Crippen LogP) is 5.83. The fraction of sp³-hybridized carbons (Fsp3) is 0.560. The average Bonchev–Trinajstić information content (AvgIpc) is 0.848. The summed E-state index contributed by atoms with van der Waals surface area (Å²) in [6, 6.07) is 19.3. The van der Waals surface area contributed by atoms with Crippen molar-refractivity contribution in [3.8, 4) is 23.0 Å². The zero-order valence-corrected chi connectivity index (χ0v) is 61.3. The van der Waals surface area contributed by atoms with Crippen LogP contribution in [0.25, 0.3) is 0 Å². The number of alkyl carbamates (subject to hydrolysis) is 1. The number of fused-ring (bicyclic) bond motifs is 21. The number of benzene rings is 4. The van der Waals surface area contributed by atoms with Crippen molar-refractivity contribution in [2.45, 2.75) is 105 Å². The molecule has 0 spiro atoms. The van der Waals surface area contributed by atoms with Crippen LogP contribution in [0, 0.1) is 0 Å². The van der Waals surface area contributed by atoms with Gasteiger partial charge in [-0.3, -0.25) is 53.1 Å². The fourth-order valence-corrected chi connectivity index (χ4v) is 10.9. The van der Waals surface area contributed by atoms with E-state index in [4.69, 9.17) is 33.2 Å². The van der Waals surface area contributed by atoms with Crippen molar-refractivity contribution in [1.29, 1.82) is 0 Å². The molecule has 7 rings (SSSR count). The SMILES string of the molecule is CCCCOc1c(C(=O)NCCOCCOCCNC(=O)OC(C)(C)C)cccc1C(=O)NCCN1CCNC(=O)c2cccc(c2OCCCC)C(=O)NCCN2CCNC(=O)c3cccc(c3OCCCC)C(=O)NCCN(CCNC(=O)c3cccc(c3OCCCC)C(=O)NCC2)CC1. The van der Waals surface area contributed by atoms with Crippen LogP contribution in [0.4, 0.5) is 4.79 Å². The van der Waals surface area contributed by atoms with Gasteiger partial charge in [-0.15, -0.1) is 0 Å². The van der Waals surface area contributed by atoms with Crippen molar-refractivity contribution in [1.82, 2.24) is 62.6 Å². The molecule has 4 aromatic carbocycles. The Kier molecular flexibility index (Phi) is 36.8. The number of unbranched alkanes of at least 4 members (excludes halogenated alkanes) is 4. The molecule has 3 aliphatic heterocycles. The minimum absolute atomic E-state index is 0.0921. The fourth-order valence-electron chi connectivity index (χ4n) is 10.9. The maximum Gasteiger partial charge on any atom is 0.407 e. The van der Waals surface area contributed by atoms with Gasteiger partial charge >= 0.3 is 6.09 Å². The first-order valence-corrected chi connectivity index (χ1v) is 36.5. The number of hydrogen-bond donors (Lipinski definition) is 9. The van der Waals surface area contributed by atoms with Crippen molar-refractivity contribution in [2.24, 2.45) is 0 Å². The minimum Gasteiger partial charge on any atom is -0.492 e.